The normalized spacial score (nSPS) is 15.1. The lowest BCUT2D eigenvalue weighted by Gasteiger charge is -2.25. The highest BCUT2D eigenvalue weighted by atomic mass is 16.3. The lowest BCUT2D eigenvalue weighted by Crippen LogP contribution is -2.48. The van der Waals surface area contributed by atoms with Crippen molar-refractivity contribution in [2.45, 2.75) is 44.9 Å². The first-order valence-electron chi connectivity index (χ1n) is 12.5. The highest BCUT2D eigenvalue weighted by molar-refractivity contribution is 6.00. The van der Waals surface area contributed by atoms with E-state index in [4.69, 9.17) is 4.42 Å². The molecule has 3 aromatic rings. The molecule has 0 bridgehead atoms. The Morgan fingerprint density at radius 1 is 1.14 bits per heavy atom. The van der Waals surface area contributed by atoms with E-state index in [0.29, 0.717) is 43.7 Å². The topological polar surface area (TPSA) is 107 Å². The number of carbonyl (C=O) groups excluding carboxylic acids is 2. The van der Waals surface area contributed by atoms with Gasteiger partial charge in [-0.1, -0.05) is 30.3 Å². The molecule has 4 rings (SSSR count). The molecule has 1 aliphatic heterocycles. The molecular formula is C28H34N4O4. The van der Waals surface area contributed by atoms with Gasteiger partial charge in [-0.3, -0.25) is 9.59 Å². The highest BCUT2D eigenvalue weighted by Gasteiger charge is 2.25. The maximum atomic E-state index is 13.4. The second kappa shape index (κ2) is 12.4. The molecule has 1 saturated heterocycles. The van der Waals surface area contributed by atoms with Crippen molar-refractivity contribution >= 4 is 23.2 Å². The molecule has 2 atom stereocenters. The van der Waals surface area contributed by atoms with Crippen LogP contribution in [0, 0.1) is 0 Å². The number of rotatable bonds is 12. The molecule has 1 fully saturated rings. The summed E-state index contributed by atoms with van der Waals surface area (Å²) in [5.74, 6) is 0.541. The minimum atomic E-state index is -0.833. The van der Waals surface area contributed by atoms with Gasteiger partial charge in [0.15, 0.2) is 0 Å². The van der Waals surface area contributed by atoms with E-state index in [1.807, 2.05) is 55.5 Å². The lowest BCUT2D eigenvalue weighted by molar-refractivity contribution is -0.117. The summed E-state index contributed by atoms with van der Waals surface area (Å²) >= 11 is 0. The van der Waals surface area contributed by atoms with Crippen molar-refractivity contribution in [1.82, 2.24) is 10.6 Å². The van der Waals surface area contributed by atoms with Crippen LogP contribution in [0.15, 0.2) is 71.3 Å². The Balaban J connectivity index is 1.51. The Morgan fingerprint density at radius 2 is 1.97 bits per heavy atom. The second-order valence-corrected chi connectivity index (χ2v) is 9.00. The number of amides is 2. The highest BCUT2D eigenvalue weighted by Crippen LogP contribution is 2.27. The molecule has 2 aromatic carbocycles. The summed E-state index contributed by atoms with van der Waals surface area (Å²) in [6.45, 7) is 4.08. The Hall–Kier alpha value is -3.62. The van der Waals surface area contributed by atoms with Crippen LogP contribution in [-0.4, -0.2) is 48.7 Å². The first-order valence-corrected chi connectivity index (χ1v) is 12.5. The first kappa shape index (κ1) is 25.5. The zero-order chi connectivity index (χ0) is 25.3. The van der Waals surface area contributed by atoms with E-state index < -0.39 is 12.1 Å². The first-order chi connectivity index (χ1) is 17.5. The predicted molar refractivity (Wildman–Crippen MR) is 140 cm³/mol. The molecule has 0 saturated carbocycles. The van der Waals surface area contributed by atoms with E-state index in [0.717, 1.165) is 23.4 Å². The molecular weight excluding hydrogens is 456 g/mol. The Labute approximate surface area is 211 Å². The van der Waals surface area contributed by atoms with Crippen molar-refractivity contribution in [2.24, 2.45) is 0 Å². The molecule has 2 unspecified atom stereocenters. The number of aliphatic hydroxyl groups excluding tert-OH is 1. The molecule has 8 heteroatoms. The fourth-order valence-electron chi connectivity index (χ4n) is 4.43. The third-order valence-corrected chi connectivity index (χ3v) is 6.26. The van der Waals surface area contributed by atoms with Gasteiger partial charge in [-0.25, -0.2) is 0 Å². The SMILES string of the molecule is CCNc1cc(C(=O)NC(Cc2ccccc2)C(O)CNCc2ccco2)cc(N2CCCC2=O)c1. The lowest BCUT2D eigenvalue weighted by atomic mass is 10.00. The average Bonchev–Trinajstić information content (AvgIpc) is 3.56. The Bertz CT molecular complexity index is 1130. The molecule has 0 radical (unpaired) electrons. The van der Waals surface area contributed by atoms with Crippen LogP contribution in [0.4, 0.5) is 11.4 Å². The van der Waals surface area contributed by atoms with E-state index in [9.17, 15) is 14.7 Å². The van der Waals surface area contributed by atoms with Gasteiger partial charge in [0.1, 0.15) is 5.76 Å². The standard InChI is InChI=1S/C28H34N4O4/c1-2-30-22-15-21(16-23(17-22)32-12-6-11-27(32)34)28(35)31-25(14-20-8-4-3-5-9-20)26(33)19-29-18-24-10-7-13-36-24/h3-5,7-10,13,15-17,25-26,29-30,33H,2,6,11-12,14,18-19H2,1H3,(H,31,35). The van der Waals surface area contributed by atoms with Crippen LogP contribution in [0.2, 0.25) is 0 Å². The summed E-state index contributed by atoms with van der Waals surface area (Å²) in [5, 5.41) is 20.5. The van der Waals surface area contributed by atoms with Crippen LogP contribution in [0.5, 0.6) is 0 Å². The maximum absolute atomic E-state index is 13.4. The van der Waals surface area contributed by atoms with E-state index in [2.05, 4.69) is 16.0 Å². The summed E-state index contributed by atoms with van der Waals surface area (Å²) in [6, 6.07) is 18.4. The number of anilines is 2. The maximum Gasteiger partial charge on any atom is 0.251 e. The van der Waals surface area contributed by atoms with Crippen molar-refractivity contribution in [3.8, 4) is 0 Å². The summed E-state index contributed by atoms with van der Waals surface area (Å²) in [6.07, 6.45) is 2.57. The van der Waals surface area contributed by atoms with Crippen LogP contribution in [-0.2, 0) is 17.8 Å². The van der Waals surface area contributed by atoms with Crippen LogP contribution in [0.3, 0.4) is 0 Å². The van der Waals surface area contributed by atoms with E-state index in [1.165, 1.54) is 0 Å². The molecule has 0 aliphatic carbocycles. The number of hydrogen-bond donors (Lipinski definition) is 4. The molecule has 190 valence electrons. The summed E-state index contributed by atoms with van der Waals surface area (Å²) in [5.41, 5.74) is 2.94. The van der Waals surface area contributed by atoms with Gasteiger partial charge in [0, 0.05) is 43.0 Å². The number of hydrogen-bond acceptors (Lipinski definition) is 6. The summed E-state index contributed by atoms with van der Waals surface area (Å²) in [7, 11) is 0. The third kappa shape index (κ3) is 6.74. The van der Waals surface area contributed by atoms with Gasteiger partial charge in [0.2, 0.25) is 5.91 Å². The van der Waals surface area contributed by atoms with Crippen molar-refractivity contribution in [1.29, 1.82) is 0 Å². The smallest absolute Gasteiger partial charge is 0.251 e. The molecule has 1 aliphatic rings. The number of nitrogens with zero attached hydrogens (tertiary/aromatic N) is 1. The van der Waals surface area contributed by atoms with Gasteiger partial charge in [-0.2, -0.15) is 0 Å². The van der Waals surface area contributed by atoms with Gasteiger partial charge in [-0.15, -0.1) is 0 Å². The number of furan rings is 1. The van der Waals surface area contributed by atoms with Gasteiger partial charge < -0.3 is 30.4 Å². The van der Waals surface area contributed by atoms with Gasteiger partial charge in [0.25, 0.3) is 5.91 Å². The van der Waals surface area contributed by atoms with Crippen LogP contribution >= 0.6 is 0 Å². The van der Waals surface area contributed by atoms with E-state index in [-0.39, 0.29) is 18.4 Å². The molecule has 4 N–H and O–H groups in total. The zero-order valence-electron chi connectivity index (χ0n) is 20.6. The van der Waals surface area contributed by atoms with Gasteiger partial charge in [0.05, 0.1) is 25.0 Å². The molecule has 2 amide bonds. The fourth-order valence-corrected chi connectivity index (χ4v) is 4.43. The minimum Gasteiger partial charge on any atom is -0.468 e. The minimum absolute atomic E-state index is 0.0648. The van der Waals surface area contributed by atoms with E-state index in [1.54, 1.807) is 23.3 Å². The van der Waals surface area contributed by atoms with Crippen molar-refractivity contribution < 1.29 is 19.1 Å². The quantitative estimate of drug-likeness (QED) is 0.310. The van der Waals surface area contributed by atoms with Crippen molar-refractivity contribution in [2.75, 3.05) is 29.9 Å². The molecule has 0 spiro atoms. The molecule has 1 aromatic heterocycles. The number of carbonyl (C=O) groups is 2. The number of benzene rings is 2. The Kier molecular flexibility index (Phi) is 8.76. The van der Waals surface area contributed by atoms with Crippen LogP contribution in [0.25, 0.3) is 0 Å². The molecule has 36 heavy (non-hydrogen) atoms. The fraction of sp³-hybridized carbons (Fsp3) is 0.357. The average molecular weight is 491 g/mol. The van der Waals surface area contributed by atoms with Crippen molar-refractivity contribution in [3.05, 3.63) is 83.8 Å². The second-order valence-electron chi connectivity index (χ2n) is 9.00. The van der Waals surface area contributed by atoms with Gasteiger partial charge >= 0.3 is 0 Å². The molecule has 2 heterocycles. The predicted octanol–water partition coefficient (Wildman–Crippen LogP) is 3.33. The van der Waals surface area contributed by atoms with Crippen LogP contribution < -0.4 is 20.9 Å². The summed E-state index contributed by atoms with van der Waals surface area (Å²) in [4.78, 5) is 27.5. The van der Waals surface area contributed by atoms with Crippen molar-refractivity contribution in [3.63, 3.8) is 0 Å². The Morgan fingerprint density at radius 3 is 2.67 bits per heavy atom. The third-order valence-electron chi connectivity index (χ3n) is 6.26. The zero-order valence-corrected chi connectivity index (χ0v) is 20.6. The monoisotopic (exact) mass is 490 g/mol. The number of aliphatic hydroxyl groups is 1. The summed E-state index contributed by atoms with van der Waals surface area (Å²) < 4.78 is 5.34. The van der Waals surface area contributed by atoms with Gasteiger partial charge in [-0.05, 0) is 55.7 Å². The van der Waals surface area contributed by atoms with Crippen LogP contribution in [0.1, 0.15) is 41.4 Å². The molecule has 8 nitrogen and oxygen atoms in total. The van der Waals surface area contributed by atoms with E-state index >= 15 is 0 Å². The largest absolute Gasteiger partial charge is 0.468 e. The number of nitrogens with one attached hydrogen (secondary N) is 3.